The fourth-order valence-corrected chi connectivity index (χ4v) is 10.8. The Hall–Kier alpha value is -4.00. The Labute approximate surface area is 356 Å². The normalized spacial score (nSPS) is 11.8. The third kappa shape index (κ3) is 10.2. The van der Waals surface area contributed by atoms with Gasteiger partial charge in [-0.25, -0.2) is 9.97 Å². The van der Waals surface area contributed by atoms with Crippen LogP contribution in [0.25, 0.3) is 63.1 Å². The van der Waals surface area contributed by atoms with E-state index in [4.69, 9.17) is 9.97 Å². The van der Waals surface area contributed by atoms with Gasteiger partial charge in [0.05, 0.1) is 20.4 Å². The van der Waals surface area contributed by atoms with Crippen LogP contribution in [0.4, 0.5) is 11.4 Å². The van der Waals surface area contributed by atoms with Gasteiger partial charge in [-0.1, -0.05) is 141 Å². The fraction of sp³-hybridized carbons (Fsp3) is 0.462. The molecule has 0 atom stereocenters. The first kappa shape index (κ1) is 42.1. The molecule has 7 rings (SSSR count). The van der Waals surface area contributed by atoms with Crippen molar-refractivity contribution in [2.75, 3.05) is 36.0 Å². The maximum Gasteiger partial charge on any atom is 0.109 e. The number of rotatable bonds is 24. The fourth-order valence-electron chi connectivity index (χ4n) is 8.47. The minimum absolute atomic E-state index is 0.953. The number of hydrogen-bond acceptors (Lipinski definition) is 6. The molecule has 6 heteroatoms. The van der Waals surface area contributed by atoms with Crippen molar-refractivity contribution < 1.29 is 0 Å². The molecule has 0 aliphatic rings. The van der Waals surface area contributed by atoms with E-state index in [-0.39, 0.29) is 0 Å². The van der Waals surface area contributed by atoms with Crippen LogP contribution in [-0.4, -0.2) is 36.1 Å². The lowest BCUT2D eigenvalue weighted by Crippen LogP contribution is -2.25. The lowest BCUT2D eigenvalue weighted by Gasteiger charge is -2.25. The maximum atomic E-state index is 5.31. The lowest BCUT2D eigenvalue weighted by molar-refractivity contribution is 0.609. The van der Waals surface area contributed by atoms with E-state index in [0.29, 0.717) is 0 Å². The molecule has 0 fully saturated rings. The molecule has 0 N–H and O–H groups in total. The van der Waals surface area contributed by atoms with Crippen molar-refractivity contribution in [2.24, 2.45) is 0 Å². The van der Waals surface area contributed by atoms with Crippen molar-refractivity contribution in [3.05, 3.63) is 84.9 Å². The summed E-state index contributed by atoms with van der Waals surface area (Å²) in [5.41, 5.74) is 9.20. The van der Waals surface area contributed by atoms with Crippen LogP contribution in [0.2, 0.25) is 0 Å². The Balaban J connectivity index is 1.22. The molecule has 58 heavy (non-hydrogen) atoms. The average molecular weight is 811 g/mol. The molecule has 0 aliphatic heterocycles. The molecular weight excluding hydrogens is 745 g/mol. The Morgan fingerprint density at radius 2 is 0.759 bits per heavy atom. The summed E-state index contributed by atoms with van der Waals surface area (Å²) in [5.74, 6) is 0. The minimum atomic E-state index is 0.953. The Morgan fingerprint density at radius 3 is 1.09 bits per heavy atom. The van der Waals surface area contributed by atoms with E-state index < -0.39 is 0 Å². The highest BCUT2D eigenvalue weighted by Crippen LogP contribution is 2.47. The number of anilines is 2. The number of hydrogen-bond donors (Lipinski definition) is 0. The topological polar surface area (TPSA) is 32.3 Å². The monoisotopic (exact) mass is 810 g/mol. The first-order valence-corrected chi connectivity index (χ1v) is 24.5. The molecule has 0 bridgehead atoms. The zero-order valence-corrected chi connectivity index (χ0v) is 37.5. The van der Waals surface area contributed by atoms with Gasteiger partial charge >= 0.3 is 0 Å². The maximum absolute atomic E-state index is 5.31. The highest BCUT2D eigenvalue weighted by Gasteiger charge is 2.20. The zero-order valence-electron chi connectivity index (χ0n) is 35.8. The summed E-state index contributed by atoms with van der Waals surface area (Å²) in [5, 5.41) is 2.57. The summed E-state index contributed by atoms with van der Waals surface area (Å²) >= 11 is 3.74. The smallest absolute Gasteiger partial charge is 0.109 e. The van der Waals surface area contributed by atoms with Crippen molar-refractivity contribution in [3.8, 4) is 20.9 Å². The second kappa shape index (κ2) is 21.3. The van der Waals surface area contributed by atoms with Crippen LogP contribution in [0.15, 0.2) is 84.9 Å². The van der Waals surface area contributed by atoms with Crippen LogP contribution in [0.5, 0.6) is 0 Å². The van der Waals surface area contributed by atoms with Crippen LogP contribution in [0.1, 0.15) is 130 Å². The van der Waals surface area contributed by atoms with Gasteiger partial charge in [-0.2, -0.15) is 0 Å². The van der Waals surface area contributed by atoms with Crippen LogP contribution >= 0.6 is 22.7 Å². The van der Waals surface area contributed by atoms with Gasteiger partial charge in [0.15, 0.2) is 0 Å². The predicted molar refractivity (Wildman–Crippen MR) is 260 cm³/mol. The first-order chi connectivity index (χ1) is 28.6. The van der Waals surface area contributed by atoms with Gasteiger partial charge in [-0.3, -0.25) is 0 Å². The molecule has 0 saturated carbocycles. The van der Waals surface area contributed by atoms with E-state index >= 15 is 0 Å². The third-order valence-electron chi connectivity index (χ3n) is 11.9. The standard InChI is InChI=1S/C52H66N4S2/c1-5-9-13-19-33-55(34-20-14-10-6-2)41-29-25-39(26-30-41)47-37-43-44-38-48(58-52(44)50-49(51(43)57-47)53-45-23-17-18-24-46(45)54-50)40-27-31-42(32-28-40)56(35-21-15-11-7-3)36-22-16-12-8-4/h17-18,23-32,37-38H,5-16,19-22,33-36H2,1-4H3. The summed E-state index contributed by atoms with van der Waals surface area (Å²) in [4.78, 5) is 18.5. The Morgan fingerprint density at radius 1 is 0.414 bits per heavy atom. The van der Waals surface area contributed by atoms with Crippen molar-refractivity contribution in [3.63, 3.8) is 0 Å². The molecule has 3 aromatic heterocycles. The van der Waals surface area contributed by atoms with Crippen LogP contribution in [-0.2, 0) is 0 Å². The van der Waals surface area contributed by atoms with Gasteiger partial charge in [0.25, 0.3) is 0 Å². The van der Waals surface area contributed by atoms with Crippen molar-refractivity contribution >= 4 is 76.3 Å². The van der Waals surface area contributed by atoms with E-state index in [1.807, 2.05) is 22.7 Å². The van der Waals surface area contributed by atoms with E-state index in [0.717, 1.165) is 48.2 Å². The Bertz CT molecular complexity index is 2130. The molecule has 306 valence electrons. The lowest BCUT2D eigenvalue weighted by atomic mass is 10.1. The Kier molecular flexibility index (Phi) is 15.5. The van der Waals surface area contributed by atoms with Gasteiger partial charge in [0.1, 0.15) is 11.0 Å². The third-order valence-corrected chi connectivity index (χ3v) is 14.3. The SMILES string of the molecule is CCCCCCN(CCCCCC)c1ccc(-c2cc3c4cc(-c5ccc(N(CCCCCC)CCCCCC)cc5)sc4c4nc5ccccc5nc4c3s2)cc1. The largest absolute Gasteiger partial charge is 0.372 e. The van der Waals surface area contributed by atoms with Gasteiger partial charge < -0.3 is 9.80 Å². The van der Waals surface area contributed by atoms with Gasteiger partial charge in [-0.15, -0.1) is 22.7 Å². The summed E-state index contributed by atoms with van der Waals surface area (Å²) in [6, 6.07) is 32.0. The number of fused-ring (bicyclic) bond motifs is 7. The number of thiophene rings is 2. The molecule has 0 spiro atoms. The average Bonchev–Trinajstić information content (AvgIpc) is 3.92. The number of nitrogens with zero attached hydrogens (tertiary/aromatic N) is 4. The van der Waals surface area contributed by atoms with E-state index in [1.165, 1.54) is 155 Å². The molecule has 0 amide bonds. The predicted octanol–water partition coefficient (Wildman–Crippen LogP) is 16.5. The van der Waals surface area contributed by atoms with Crippen molar-refractivity contribution in [1.82, 2.24) is 9.97 Å². The number of aromatic nitrogens is 2. The molecular formula is C52H66N4S2. The molecule has 0 saturated heterocycles. The second-order valence-corrected chi connectivity index (χ2v) is 18.5. The van der Waals surface area contributed by atoms with E-state index in [1.54, 1.807) is 0 Å². The summed E-state index contributed by atoms with van der Waals surface area (Å²) < 4.78 is 2.46. The quantitative estimate of drug-likeness (QED) is 0.0449. The number of unbranched alkanes of at least 4 members (excludes halogenated alkanes) is 12. The molecule has 4 nitrogen and oxygen atoms in total. The molecule has 4 aromatic carbocycles. The molecule has 3 heterocycles. The first-order valence-electron chi connectivity index (χ1n) is 22.9. The summed E-state index contributed by atoms with van der Waals surface area (Å²) in [7, 11) is 0. The van der Waals surface area contributed by atoms with E-state index in [9.17, 15) is 0 Å². The molecule has 0 radical (unpaired) electrons. The summed E-state index contributed by atoms with van der Waals surface area (Å²) in [6.45, 7) is 13.8. The van der Waals surface area contributed by atoms with Gasteiger partial charge in [0, 0.05) is 58.1 Å². The molecule has 0 unspecified atom stereocenters. The van der Waals surface area contributed by atoms with Gasteiger partial charge in [-0.05, 0) is 85.3 Å². The van der Waals surface area contributed by atoms with Crippen molar-refractivity contribution in [1.29, 1.82) is 0 Å². The number of para-hydroxylation sites is 2. The van der Waals surface area contributed by atoms with Crippen LogP contribution in [0.3, 0.4) is 0 Å². The highest BCUT2D eigenvalue weighted by molar-refractivity contribution is 7.25. The van der Waals surface area contributed by atoms with Crippen LogP contribution in [0, 0.1) is 0 Å². The molecule has 0 aliphatic carbocycles. The van der Waals surface area contributed by atoms with E-state index in [2.05, 4.69) is 122 Å². The summed E-state index contributed by atoms with van der Waals surface area (Å²) in [6.07, 6.45) is 20.7. The van der Waals surface area contributed by atoms with Gasteiger partial charge in [0.2, 0.25) is 0 Å². The molecule has 7 aromatic rings. The van der Waals surface area contributed by atoms with Crippen LogP contribution < -0.4 is 9.80 Å². The van der Waals surface area contributed by atoms with Crippen molar-refractivity contribution in [2.45, 2.75) is 130 Å². The minimum Gasteiger partial charge on any atom is -0.372 e. The zero-order chi connectivity index (χ0) is 40.1. The second-order valence-electron chi connectivity index (χ2n) is 16.4. The highest BCUT2D eigenvalue weighted by atomic mass is 32.1. The number of benzene rings is 4.